The van der Waals surface area contributed by atoms with Crippen LogP contribution in [0.25, 0.3) is 6.08 Å². The molecule has 2 aromatic rings. The van der Waals surface area contributed by atoms with Crippen molar-refractivity contribution in [2.75, 3.05) is 0 Å². The second kappa shape index (κ2) is 6.17. The maximum Gasteiger partial charge on any atom is 0.259 e. The van der Waals surface area contributed by atoms with Gasteiger partial charge in [0.1, 0.15) is 0 Å². The Morgan fingerprint density at radius 2 is 1.85 bits per heavy atom. The Morgan fingerprint density at radius 3 is 2.45 bits per heavy atom. The highest BCUT2D eigenvalue weighted by atomic mass is 127. The summed E-state index contributed by atoms with van der Waals surface area (Å²) in [5.74, 6) is -0.276. The van der Waals surface area contributed by atoms with Gasteiger partial charge < -0.3 is 4.98 Å². The second-order valence-electron chi connectivity index (χ2n) is 4.59. The van der Waals surface area contributed by atoms with Crippen molar-refractivity contribution >= 4 is 34.5 Å². The summed E-state index contributed by atoms with van der Waals surface area (Å²) in [6.45, 7) is 3.57. The Hall–Kier alpha value is -1.69. The highest BCUT2D eigenvalue weighted by Gasteiger charge is 2.11. The SMILES string of the molecule is Cc1cc(C)c(C(=O)/C=C\c2ccc(I)cc2)c(=O)[nH]1. The first-order chi connectivity index (χ1) is 9.47. The van der Waals surface area contributed by atoms with Gasteiger partial charge in [0.05, 0.1) is 5.56 Å². The predicted molar refractivity (Wildman–Crippen MR) is 89.1 cm³/mol. The summed E-state index contributed by atoms with van der Waals surface area (Å²) in [4.78, 5) is 26.6. The van der Waals surface area contributed by atoms with E-state index < -0.39 is 0 Å². The number of pyridine rings is 1. The number of aryl methyl sites for hydroxylation is 2. The molecule has 0 saturated heterocycles. The number of aromatic amines is 1. The van der Waals surface area contributed by atoms with E-state index in [2.05, 4.69) is 27.6 Å². The van der Waals surface area contributed by atoms with E-state index in [4.69, 9.17) is 0 Å². The molecule has 3 nitrogen and oxygen atoms in total. The van der Waals surface area contributed by atoms with Gasteiger partial charge in [-0.2, -0.15) is 0 Å². The number of rotatable bonds is 3. The van der Waals surface area contributed by atoms with E-state index in [1.54, 1.807) is 26.0 Å². The third-order valence-corrected chi connectivity index (χ3v) is 3.63. The lowest BCUT2D eigenvalue weighted by molar-refractivity contribution is 0.104. The fourth-order valence-corrected chi connectivity index (χ4v) is 2.35. The Balaban J connectivity index is 2.29. The van der Waals surface area contributed by atoms with Crippen molar-refractivity contribution in [2.45, 2.75) is 13.8 Å². The van der Waals surface area contributed by atoms with Gasteiger partial charge in [-0.25, -0.2) is 0 Å². The summed E-state index contributed by atoms with van der Waals surface area (Å²) in [5.41, 5.74) is 2.26. The molecule has 102 valence electrons. The fourth-order valence-electron chi connectivity index (χ4n) is 1.99. The van der Waals surface area contributed by atoms with Crippen LogP contribution in [0.3, 0.4) is 0 Å². The van der Waals surface area contributed by atoms with Crippen LogP contribution in [-0.2, 0) is 0 Å². The Morgan fingerprint density at radius 1 is 1.20 bits per heavy atom. The standard InChI is InChI=1S/C16H14INO2/c1-10-9-11(2)18-16(20)15(10)14(19)8-5-12-3-6-13(17)7-4-12/h3-9H,1-2H3,(H,18,20)/b8-5-. The third kappa shape index (κ3) is 3.45. The van der Waals surface area contributed by atoms with Crippen LogP contribution in [0.2, 0.25) is 0 Å². The first kappa shape index (κ1) is 14.7. The quantitative estimate of drug-likeness (QED) is 0.504. The van der Waals surface area contributed by atoms with Gasteiger partial charge in [0.25, 0.3) is 5.56 Å². The third-order valence-electron chi connectivity index (χ3n) is 2.91. The van der Waals surface area contributed by atoms with E-state index >= 15 is 0 Å². The number of carbonyl (C=O) groups is 1. The van der Waals surface area contributed by atoms with E-state index in [0.29, 0.717) is 5.56 Å². The number of carbonyl (C=O) groups excluding carboxylic acids is 1. The minimum atomic E-state index is -0.334. The van der Waals surface area contributed by atoms with Gasteiger partial charge in [-0.05, 0) is 71.8 Å². The zero-order valence-corrected chi connectivity index (χ0v) is 13.4. The van der Waals surface area contributed by atoms with Gasteiger partial charge in [0, 0.05) is 9.26 Å². The minimum Gasteiger partial charge on any atom is -0.326 e. The molecule has 0 aliphatic rings. The van der Waals surface area contributed by atoms with Crippen LogP contribution in [0.4, 0.5) is 0 Å². The highest BCUT2D eigenvalue weighted by Crippen LogP contribution is 2.10. The zero-order valence-electron chi connectivity index (χ0n) is 11.2. The second-order valence-corrected chi connectivity index (χ2v) is 5.83. The number of nitrogens with one attached hydrogen (secondary N) is 1. The number of aromatic nitrogens is 1. The zero-order chi connectivity index (χ0) is 14.7. The lowest BCUT2D eigenvalue weighted by Gasteiger charge is -2.02. The van der Waals surface area contributed by atoms with Gasteiger partial charge >= 0.3 is 0 Å². The molecule has 4 heteroatoms. The van der Waals surface area contributed by atoms with E-state index in [1.807, 2.05) is 24.3 Å². The van der Waals surface area contributed by atoms with Crippen molar-refractivity contribution in [3.8, 4) is 0 Å². The molecule has 20 heavy (non-hydrogen) atoms. The van der Waals surface area contributed by atoms with Gasteiger partial charge in [0.2, 0.25) is 0 Å². The lowest BCUT2D eigenvalue weighted by Crippen LogP contribution is -2.19. The molecule has 1 aromatic carbocycles. The van der Waals surface area contributed by atoms with Gasteiger partial charge in [-0.15, -0.1) is 0 Å². The first-order valence-electron chi connectivity index (χ1n) is 6.16. The highest BCUT2D eigenvalue weighted by molar-refractivity contribution is 14.1. The molecule has 0 spiro atoms. The Bertz CT molecular complexity index is 727. The summed E-state index contributed by atoms with van der Waals surface area (Å²) < 4.78 is 1.14. The van der Waals surface area contributed by atoms with E-state index in [-0.39, 0.29) is 16.9 Å². The monoisotopic (exact) mass is 379 g/mol. The van der Waals surface area contributed by atoms with Crippen molar-refractivity contribution in [1.29, 1.82) is 0 Å². The summed E-state index contributed by atoms with van der Waals surface area (Å²) >= 11 is 2.22. The predicted octanol–water partition coefficient (Wildman–Crippen LogP) is 3.49. The molecule has 0 unspecified atom stereocenters. The lowest BCUT2D eigenvalue weighted by atomic mass is 10.1. The van der Waals surface area contributed by atoms with Gasteiger partial charge in [0.15, 0.2) is 5.78 Å². The number of hydrogen-bond donors (Lipinski definition) is 1. The van der Waals surface area contributed by atoms with E-state index in [9.17, 15) is 9.59 Å². The van der Waals surface area contributed by atoms with Crippen LogP contribution in [-0.4, -0.2) is 10.8 Å². The van der Waals surface area contributed by atoms with Gasteiger partial charge in [-0.1, -0.05) is 18.2 Å². The molecule has 2 rings (SSSR count). The summed E-state index contributed by atoms with van der Waals surface area (Å²) in [7, 11) is 0. The summed E-state index contributed by atoms with van der Waals surface area (Å²) in [6, 6.07) is 9.59. The van der Waals surface area contributed by atoms with Crippen LogP contribution in [0.5, 0.6) is 0 Å². The first-order valence-corrected chi connectivity index (χ1v) is 7.24. The van der Waals surface area contributed by atoms with Crippen molar-refractivity contribution < 1.29 is 4.79 Å². The molecule has 0 aliphatic heterocycles. The average molecular weight is 379 g/mol. The van der Waals surface area contributed by atoms with Crippen LogP contribution < -0.4 is 5.56 Å². The average Bonchev–Trinajstić information content (AvgIpc) is 2.37. The van der Waals surface area contributed by atoms with Crippen molar-refractivity contribution in [3.05, 3.63) is 72.7 Å². The van der Waals surface area contributed by atoms with Crippen molar-refractivity contribution in [1.82, 2.24) is 4.98 Å². The number of H-pyrrole nitrogens is 1. The van der Waals surface area contributed by atoms with Crippen LogP contribution >= 0.6 is 22.6 Å². The molecular weight excluding hydrogens is 365 g/mol. The number of halogens is 1. The van der Waals surface area contributed by atoms with Crippen LogP contribution in [0, 0.1) is 17.4 Å². The maximum atomic E-state index is 12.1. The molecule has 0 aliphatic carbocycles. The van der Waals surface area contributed by atoms with Crippen molar-refractivity contribution in [3.63, 3.8) is 0 Å². The summed E-state index contributed by atoms with van der Waals surface area (Å²) in [6.07, 6.45) is 3.16. The smallest absolute Gasteiger partial charge is 0.259 e. The normalized spacial score (nSPS) is 10.9. The molecule has 1 heterocycles. The van der Waals surface area contributed by atoms with Crippen LogP contribution in [0.1, 0.15) is 27.2 Å². The largest absolute Gasteiger partial charge is 0.326 e. The Labute approximate surface area is 130 Å². The molecule has 0 radical (unpaired) electrons. The number of ketones is 1. The molecule has 1 aromatic heterocycles. The number of benzene rings is 1. The minimum absolute atomic E-state index is 0.206. The molecule has 0 saturated carbocycles. The maximum absolute atomic E-state index is 12.1. The topological polar surface area (TPSA) is 49.9 Å². The fraction of sp³-hybridized carbons (Fsp3) is 0.125. The van der Waals surface area contributed by atoms with E-state index in [1.165, 1.54) is 6.08 Å². The molecule has 0 atom stereocenters. The van der Waals surface area contributed by atoms with E-state index in [0.717, 1.165) is 14.8 Å². The molecular formula is C16H14INO2. The van der Waals surface area contributed by atoms with Gasteiger partial charge in [-0.3, -0.25) is 9.59 Å². The number of allylic oxidation sites excluding steroid dienone is 1. The molecule has 0 amide bonds. The molecule has 1 N–H and O–H groups in total. The summed E-state index contributed by atoms with van der Waals surface area (Å²) in [5, 5.41) is 0. The Kier molecular flexibility index (Phi) is 4.54. The van der Waals surface area contributed by atoms with Crippen LogP contribution in [0.15, 0.2) is 41.2 Å². The van der Waals surface area contributed by atoms with Crippen molar-refractivity contribution in [2.24, 2.45) is 0 Å². The molecule has 0 fully saturated rings. The number of hydrogen-bond acceptors (Lipinski definition) is 2. The molecule has 0 bridgehead atoms.